The van der Waals surface area contributed by atoms with Crippen LogP contribution in [0.3, 0.4) is 0 Å². The summed E-state index contributed by atoms with van der Waals surface area (Å²) < 4.78 is 5.35. The molecule has 0 saturated heterocycles. The largest absolute Gasteiger partial charge is 0.452 e. The number of fused-ring (bicyclic) bond motifs is 1. The van der Waals surface area contributed by atoms with E-state index < -0.39 is 24.1 Å². The monoisotopic (exact) mass is 415 g/mol. The molecule has 1 aliphatic heterocycles. The van der Waals surface area contributed by atoms with E-state index in [1.807, 2.05) is 24.3 Å². The van der Waals surface area contributed by atoms with Gasteiger partial charge in [-0.3, -0.25) is 9.59 Å². The number of nitrogens with zero attached hydrogens (tertiary/aromatic N) is 1. The van der Waals surface area contributed by atoms with Crippen LogP contribution >= 0.6 is 11.6 Å². The van der Waals surface area contributed by atoms with E-state index in [1.165, 1.54) is 0 Å². The molecule has 0 spiro atoms. The number of primary amides is 1. The molecule has 152 valence electrons. The Balaban J connectivity index is 1.64. The van der Waals surface area contributed by atoms with Gasteiger partial charge in [-0.2, -0.15) is 0 Å². The van der Waals surface area contributed by atoms with Crippen molar-refractivity contribution in [1.82, 2.24) is 5.32 Å². The summed E-state index contributed by atoms with van der Waals surface area (Å²) in [6.45, 7) is 2.09. The first-order valence-electron chi connectivity index (χ1n) is 9.25. The number of anilines is 1. The number of hydrogen-bond acceptors (Lipinski definition) is 4. The maximum absolute atomic E-state index is 12.8. The molecule has 2 aromatic carbocycles. The van der Waals surface area contributed by atoms with Gasteiger partial charge >= 0.3 is 12.0 Å². The minimum absolute atomic E-state index is 0.168. The molecule has 3 rings (SSSR count). The molecule has 0 aromatic heterocycles. The third-order valence-corrected chi connectivity index (χ3v) is 5.02. The third kappa shape index (κ3) is 5.06. The molecule has 1 aliphatic rings. The average molecular weight is 416 g/mol. The van der Waals surface area contributed by atoms with E-state index in [0.717, 1.165) is 17.7 Å². The van der Waals surface area contributed by atoms with E-state index in [0.29, 0.717) is 17.1 Å². The lowest BCUT2D eigenvalue weighted by Crippen LogP contribution is -2.40. The summed E-state index contributed by atoms with van der Waals surface area (Å²) in [7, 11) is 0. The number of nitrogens with one attached hydrogen (secondary N) is 1. The Hall–Kier alpha value is -3.06. The van der Waals surface area contributed by atoms with Crippen LogP contribution in [-0.4, -0.2) is 30.6 Å². The Labute approximate surface area is 173 Å². The van der Waals surface area contributed by atoms with Crippen LogP contribution in [-0.2, 0) is 20.7 Å². The summed E-state index contributed by atoms with van der Waals surface area (Å²) in [6, 6.07) is 12.9. The van der Waals surface area contributed by atoms with E-state index in [-0.39, 0.29) is 12.3 Å². The summed E-state index contributed by atoms with van der Waals surface area (Å²) >= 11 is 5.88. The zero-order chi connectivity index (χ0) is 21.0. The van der Waals surface area contributed by atoms with E-state index in [9.17, 15) is 14.4 Å². The number of benzene rings is 2. The summed E-state index contributed by atoms with van der Waals surface area (Å²) in [6.07, 6.45) is -0.351. The van der Waals surface area contributed by atoms with Gasteiger partial charge in [-0.25, -0.2) is 4.79 Å². The van der Waals surface area contributed by atoms with Gasteiger partial charge in [0.05, 0.1) is 12.5 Å². The summed E-state index contributed by atoms with van der Waals surface area (Å²) in [5, 5.41) is 3.04. The summed E-state index contributed by atoms with van der Waals surface area (Å²) in [5.41, 5.74) is 7.81. The summed E-state index contributed by atoms with van der Waals surface area (Å²) in [5.74, 6) is -0.902. The van der Waals surface area contributed by atoms with Gasteiger partial charge in [0.1, 0.15) is 0 Å². The topological polar surface area (TPSA) is 102 Å². The Morgan fingerprint density at radius 3 is 2.55 bits per heavy atom. The van der Waals surface area contributed by atoms with Crippen LogP contribution in [0, 0.1) is 0 Å². The van der Waals surface area contributed by atoms with Gasteiger partial charge in [0.15, 0.2) is 6.10 Å². The van der Waals surface area contributed by atoms with Gasteiger partial charge in [-0.05, 0) is 42.7 Å². The van der Waals surface area contributed by atoms with Crippen LogP contribution in [0.1, 0.15) is 30.5 Å². The molecular formula is C21H22ClN3O4. The molecule has 0 fully saturated rings. The van der Waals surface area contributed by atoms with Crippen LogP contribution in [0.2, 0.25) is 5.02 Å². The highest BCUT2D eigenvalue weighted by molar-refractivity contribution is 6.30. The van der Waals surface area contributed by atoms with Crippen LogP contribution in [0.4, 0.5) is 10.5 Å². The first-order valence-corrected chi connectivity index (χ1v) is 9.63. The highest BCUT2D eigenvalue weighted by atomic mass is 35.5. The zero-order valence-corrected chi connectivity index (χ0v) is 16.7. The first-order chi connectivity index (χ1) is 13.8. The molecule has 1 heterocycles. The fourth-order valence-electron chi connectivity index (χ4n) is 3.37. The van der Waals surface area contributed by atoms with Gasteiger partial charge in [-0.15, -0.1) is 0 Å². The molecule has 0 bridgehead atoms. The molecule has 0 aliphatic carbocycles. The number of ether oxygens (including phenoxy) is 1. The second kappa shape index (κ2) is 8.96. The number of nitrogens with two attached hydrogens (primary N) is 1. The van der Waals surface area contributed by atoms with Crippen LogP contribution < -0.4 is 16.0 Å². The smallest absolute Gasteiger partial charge is 0.312 e. The molecule has 0 unspecified atom stereocenters. The molecular weight excluding hydrogens is 394 g/mol. The van der Waals surface area contributed by atoms with Crippen LogP contribution in [0.15, 0.2) is 48.5 Å². The lowest BCUT2D eigenvalue weighted by atomic mass is 10.0. The number of urea groups is 1. The van der Waals surface area contributed by atoms with Gasteiger partial charge in [0.25, 0.3) is 5.91 Å². The molecule has 8 heteroatoms. The fourth-order valence-corrected chi connectivity index (χ4v) is 3.49. The third-order valence-electron chi connectivity index (χ3n) is 4.77. The molecule has 7 nitrogen and oxygen atoms in total. The lowest BCUT2D eigenvalue weighted by Gasteiger charge is -2.23. The molecule has 3 amide bonds. The van der Waals surface area contributed by atoms with E-state index in [1.54, 1.807) is 36.1 Å². The van der Waals surface area contributed by atoms with Crippen molar-refractivity contribution in [3.05, 3.63) is 64.7 Å². The number of hydrogen-bond donors (Lipinski definition) is 2. The van der Waals surface area contributed by atoms with Crippen molar-refractivity contribution in [3.8, 4) is 0 Å². The molecule has 2 atom stereocenters. The first kappa shape index (κ1) is 20.7. The van der Waals surface area contributed by atoms with Gasteiger partial charge in [0, 0.05) is 17.3 Å². The van der Waals surface area contributed by atoms with Gasteiger partial charge in [0.2, 0.25) is 0 Å². The number of amides is 3. The van der Waals surface area contributed by atoms with E-state index >= 15 is 0 Å². The Morgan fingerprint density at radius 2 is 1.86 bits per heavy atom. The minimum Gasteiger partial charge on any atom is -0.452 e. The highest BCUT2D eigenvalue weighted by Gasteiger charge is 2.30. The quantitative estimate of drug-likeness (QED) is 0.708. The average Bonchev–Trinajstić information content (AvgIpc) is 3.11. The normalized spacial score (nSPS) is 14.6. The fraction of sp³-hybridized carbons (Fsp3) is 0.286. The Bertz CT molecular complexity index is 916. The van der Waals surface area contributed by atoms with Gasteiger partial charge < -0.3 is 20.7 Å². The molecule has 2 aromatic rings. The van der Waals surface area contributed by atoms with E-state index in [2.05, 4.69) is 5.32 Å². The van der Waals surface area contributed by atoms with Crippen molar-refractivity contribution < 1.29 is 19.1 Å². The predicted molar refractivity (Wildman–Crippen MR) is 110 cm³/mol. The van der Waals surface area contributed by atoms with Gasteiger partial charge in [-0.1, -0.05) is 41.9 Å². The number of esters is 1. The highest BCUT2D eigenvalue weighted by Crippen LogP contribution is 2.28. The maximum atomic E-state index is 12.8. The van der Waals surface area contributed by atoms with Crippen molar-refractivity contribution >= 4 is 35.2 Å². The maximum Gasteiger partial charge on any atom is 0.312 e. The van der Waals surface area contributed by atoms with Crippen molar-refractivity contribution in [2.45, 2.75) is 31.9 Å². The molecule has 0 radical (unpaired) electrons. The number of para-hydroxylation sites is 1. The SMILES string of the molecule is C[C@@H](OC(=O)C[C@H](NC(N)=O)c1ccc(Cl)cc1)C(=O)N1CCc2ccccc21. The second-order valence-electron chi connectivity index (χ2n) is 6.82. The zero-order valence-electron chi connectivity index (χ0n) is 15.9. The van der Waals surface area contributed by atoms with Crippen LogP contribution in [0.5, 0.6) is 0 Å². The minimum atomic E-state index is -0.951. The number of halogens is 1. The number of rotatable bonds is 6. The lowest BCUT2D eigenvalue weighted by molar-refractivity contribution is -0.154. The van der Waals surface area contributed by atoms with Crippen molar-refractivity contribution in [2.75, 3.05) is 11.4 Å². The Morgan fingerprint density at radius 1 is 1.17 bits per heavy atom. The van der Waals surface area contributed by atoms with Crippen molar-refractivity contribution in [1.29, 1.82) is 0 Å². The standard InChI is InChI=1S/C21H22ClN3O4/c1-13(20(27)25-11-10-15-4-2-3-5-18(15)25)29-19(26)12-17(24-21(23)28)14-6-8-16(22)9-7-14/h2-9,13,17H,10-12H2,1H3,(H3,23,24,28)/t13-,17+/m1/s1. The number of carbonyl (C=O) groups is 3. The molecule has 0 saturated carbocycles. The van der Waals surface area contributed by atoms with Crippen molar-refractivity contribution in [3.63, 3.8) is 0 Å². The molecule has 3 N–H and O–H groups in total. The summed E-state index contributed by atoms with van der Waals surface area (Å²) in [4.78, 5) is 38.2. The van der Waals surface area contributed by atoms with E-state index in [4.69, 9.17) is 22.1 Å². The molecule has 29 heavy (non-hydrogen) atoms. The number of carbonyl (C=O) groups excluding carboxylic acids is 3. The van der Waals surface area contributed by atoms with Crippen molar-refractivity contribution in [2.24, 2.45) is 5.73 Å². The predicted octanol–water partition coefficient (Wildman–Crippen LogP) is 2.96. The second-order valence-corrected chi connectivity index (χ2v) is 7.25. The van der Waals surface area contributed by atoms with Crippen LogP contribution in [0.25, 0.3) is 0 Å². The Kier molecular flexibility index (Phi) is 6.39.